The molecule has 0 radical (unpaired) electrons. The van der Waals surface area contributed by atoms with Gasteiger partial charge in [0.05, 0.1) is 12.7 Å². The van der Waals surface area contributed by atoms with Crippen LogP contribution in [0, 0.1) is 0 Å². The average molecular weight is 166 g/mol. The smallest absolute Gasteiger partial charge is 0.316 e. The first kappa shape index (κ1) is 8.64. The second-order valence-corrected chi connectivity index (χ2v) is 2.24. The van der Waals surface area contributed by atoms with Crippen molar-refractivity contribution in [2.24, 2.45) is 0 Å². The molecule has 0 amide bonds. The zero-order valence-corrected chi connectivity index (χ0v) is 7.07. The first-order valence-corrected chi connectivity index (χ1v) is 3.67. The van der Waals surface area contributed by atoms with Crippen LogP contribution in [0.5, 0.6) is 6.01 Å². The SMILES string of the molecule is CCC(=O)c1cnc(OC)nc1. The van der Waals surface area contributed by atoms with Crippen molar-refractivity contribution in [3.63, 3.8) is 0 Å². The molecule has 4 nitrogen and oxygen atoms in total. The van der Waals surface area contributed by atoms with E-state index in [4.69, 9.17) is 4.74 Å². The van der Waals surface area contributed by atoms with Gasteiger partial charge in [0.1, 0.15) is 0 Å². The van der Waals surface area contributed by atoms with Gasteiger partial charge in [-0.15, -0.1) is 0 Å². The molecule has 4 heteroatoms. The van der Waals surface area contributed by atoms with Crippen molar-refractivity contribution in [3.05, 3.63) is 18.0 Å². The van der Waals surface area contributed by atoms with Crippen LogP contribution < -0.4 is 4.74 Å². The van der Waals surface area contributed by atoms with Crippen molar-refractivity contribution >= 4 is 5.78 Å². The zero-order chi connectivity index (χ0) is 8.97. The molecule has 0 fully saturated rings. The highest BCUT2D eigenvalue weighted by Gasteiger charge is 2.03. The van der Waals surface area contributed by atoms with Crippen LogP contribution in [0.2, 0.25) is 0 Å². The van der Waals surface area contributed by atoms with Crippen LogP contribution in [-0.2, 0) is 0 Å². The zero-order valence-electron chi connectivity index (χ0n) is 7.07. The number of ketones is 1. The number of nitrogens with zero attached hydrogens (tertiary/aromatic N) is 2. The van der Waals surface area contributed by atoms with Gasteiger partial charge in [-0.1, -0.05) is 6.92 Å². The Labute approximate surface area is 70.6 Å². The molecule has 0 bridgehead atoms. The molecule has 1 aromatic rings. The fraction of sp³-hybridized carbons (Fsp3) is 0.375. The van der Waals surface area contributed by atoms with E-state index in [0.29, 0.717) is 12.0 Å². The van der Waals surface area contributed by atoms with E-state index in [1.807, 2.05) is 0 Å². The predicted octanol–water partition coefficient (Wildman–Crippen LogP) is 1.08. The van der Waals surface area contributed by atoms with Gasteiger partial charge in [-0.3, -0.25) is 4.79 Å². The summed E-state index contributed by atoms with van der Waals surface area (Å²) >= 11 is 0. The minimum Gasteiger partial charge on any atom is -0.467 e. The molecule has 64 valence electrons. The Morgan fingerprint density at radius 1 is 1.50 bits per heavy atom. The van der Waals surface area contributed by atoms with Crippen LogP contribution in [0.15, 0.2) is 12.4 Å². The summed E-state index contributed by atoms with van der Waals surface area (Å²) < 4.78 is 4.75. The molecule has 0 aliphatic carbocycles. The van der Waals surface area contributed by atoms with Crippen molar-refractivity contribution in [2.45, 2.75) is 13.3 Å². The Kier molecular flexibility index (Phi) is 2.74. The number of rotatable bonds is 3. The second kappa shape index (κ2) is 3.80. The van der Waals surface area contributed by atoms with E-state index in [0.717, 1.165) is 0 Å². The normalized spacial score (nSPS) is 9.50. The van der Waals surface area contributed by atoms with E-state index in [1.54, 1.807) is 6.92 Å². The summed E-state index contributed by atoms with van der Waals surface area (Å²) in [7, 11) is 1.48. The van der Waals surface area contributed by atoms with Gasteiger partial charge in [0.2, 0.25) is 0 Å². The Hall–Kier alpha value is -1.45. The summed E-state index contributed by atoms with van der Waals surface area (Å²) in [6, 6.07) is 0.280. The summed E-state index contributed by atoms with van der Waals surface area (Å²) in [5.74, 6) is 0.0395. The van der Waals surface area contributed by atoms with Crippen molar-refractivity contribution in [3.8, 4) is 6.01 Å². The summed E-state index contributed by atoms with van der Waals surface area (Å²) in [5, 5.41) is 0. The number of hydrogen-bond acceptors (Lipinski definition) is 4. The highest BCUT2D eigenvalue weighted by atomic mass is 16.5. The maximum Gasteiger partial charge on any atom is 0.316 e. The third-order valence-electron chi connectivity index (χ3n) is 1.45. The predicted molar refractivity (Wildman–Crippen MR) is 43.2 cm³/mol. The van der Waals surface area contributed by atoms with Gasteiger partial charge >= 0.3 is 6.01 Å². The standard InChI is InChI=1S/C8H10N2O2/c1-3-7(11)6-4-9-8(12-2)10-5-6/h4-5H,3H2,1-2H3. The highest BCUT2D eigenvalue weighted by Crippen LogP contribution is 2.03. The van der Waals surface area contributed by atoms with Crippen LogP contribution in [0.25, 0.3) is 0 Å². The lowest BCUT2D eigenvalue weighted by Crippen LogP contribution is -1.99. The lowest BCUT2D eigenvalue weighted by molar-refractivity contribution is 0.0987. The van der Waals surface area contributed by atoms with Crippen LogP contribution in [-0.4, -0.2) is 22.9 Å². The number of ether oxygens (including phenoxy) is 1. The third-order valence-corrected chi connectivity index (χ3v) is 1.45. The van der Waals surface area contributed by atoms with E-state index in [-0.39, 0.29) is 11.8 Å². The first-order valence-electron chi connectivity index (χ1n) is 3.67. The molecule has 0 atom stereocenters. The van der Waals surface area contributed by atoms with E-state index in [1.165, 1.54) is 19.5 Å². The van der Waals surface area contributed by atoms with Crippen LogP contribution >= 0.6 is 0 Å². The molecule has 0 unspecified atom stereocenters. The largest absolute Gasteiger partial charge is 0.467 e. The molecule has 0 aliphatic heterocycles. The molecule has 12 heavy (non-hydrogen) atoms. The molecule has 0 N–H and O–H groups in total. The van der Waals surface area contributed by atoms with E-state index in [9.17, 15) is 4.79 Å². The van der Waals surface area contributed by atoms with E-state index >= 15 is 0 Å². The molecular weight excluding hydrogens is 156 g/mol. The van der Waals surface area contributed by atoms with Crippen LogP contribution in [0.1, 0.15) is 23.7 Å². The van der Waals surface area contributed by atoms with Crippen molar-refractivity contribution in [1.29, 1.82) is 0 Å². The quantitative estimate of drug-likeness (QED) is 0.630. The van der Waals surface area contributed by atoms with Gasteiger partial charge < -0.3 is 4.74 Å². The average Bonchev–Trinajstić information content (AvgIpc) is 2.17. The first-order chi connectivity index (χ1) is 5.77. The highest BCUT2D eigenvalue weighted by molar-refractivity contribution is 5.95. The van der Waals surface area contributed by atoms with Gasteiger partial charge in [-0.25, -0.2) is 9.97 Å². The molecule has 0 spiro atoms. The van der Waals surface area contributed by atoms with Gasteiger partial charge in [-0.2, -0.15) is 0 Å². The van der Waals surface area contributed by atoms with Gasteiger partial charge in [-0.05, 0) is 0 Å². The number of carbonyl (C=O) groups excluding carboxylic acids is 1. The second-order valence-electron chi connectivity index (χ2n) is 2.24. The molecule has 1 rings (SSSR count). The van der Waals surface area contributed by atoms with E-state index < -0.39 is 0 Å². The number of Topliss-reactive ketones (excluding diaryl/α,β-unsaturated/α-hetero) is 1. The minimum atomic E-state index is 0.0395. The molecule has 1 heterocycles. The Morgan fingerprint density at radius 3 is 2.50 bits per heavy atom. The summed E-state index contributed by atoms with van der Waals surface area (Å²) in [4.78, 5) is 18.7. The van der Waals surface area contributed by atoms with Gasteiger partial charge in [0.15, 0.2) is 5.78 Å². The number of aromatic nitrogens is 2. The summed E-state index contributed by atoms with van der Waals surface area (Å²) in [5.41, 5.74) is 0.526. The lowest BCUT2D eigenvalue weighted by Gasteiger charge is -1.97. The maximum absolute atomic E-state index is 11.1. The summed E-state index contributed by atoms with van der Waals surface area (Å²) in [6.07, 6.45) is 3.41. The molecule has 0 aliphatic rings. The van der Waals surface area contributed by atoms with Crippen LogP contribution in [0.3, 0.4) is 0 Å². The molecule has 1 aromatic heterocycles. The number of methoxy groups -OCH3 is 1. The van der Waals surface area contributed by atoms with E-state index in [2.05, 4.69) is 9.97 Å². The lowest BCUT2D eigenvalue weighted by atomic mass is 10.2. The van der Waals surface area contributed by atoms with Crippen molar-refractivity contribution in [2.75, 3.05) is 7.11 Å². The Morgan fingerprint density at radius 2 is 2.08 bits per heavy atom. The summed E-state index contributed by atoms with van der Waals surface area (Å²) in [6.45, 7) is 1.80. The topological polar surface area (TPSA) is 52.1 Å². The fourth-order valence-corrected chi connectivity index (χ4v) is 0.770. The number of hydrogen-bond donors (Lipinski definition) is 0. The molecular formula is C8H10N2O2. The molecule has 0 saturated carbocycles. The number of carbonyl (C=O) groups is 1. The van der Waals surface area contributed by atoms with Crippen LogP contribution in [0.4, 0.5) is 0 Å². The minimum absolute atomic E-state index is 0.0395. The molecule has 0 saturated heterocycles. The van der Waals surface area contributed by atoms with Gasteiger partial charge in [0.25, 0.3) is 0 Å². The van der Waals surface area contributed by atoms with Crippen molar-refractivity contribution < 1.29 is 9.53 Å². The van der Waals surface area contributed by atoms with Gasteiger partial charge in [0, 0.05) is 18.8 Å². The van der Waals surface area contributed by atoms with Crippen molar-refractivity contribution in [1.82, 2.24) is 9.97 Å². The third kappa shape index (κ3) is 1.78. The Bertz CT molecular complexity index is 269. The monoisotopic (exact) mass is 166 g/mol. The molecule has 0 aromatic carbocycles. The Balaban J connectivity index is 2.84. The maximum atomic E-state index is 11.1. The fourth-order valence-electron chi connectivity index (χ4n) is 0.770.